The molecule has 0 amide bonds. The molecule has 3 aromatic rings. The van der Waals surface area contributed by atoms with E-state index in [2.05, 4.69) is 81.8 Å². The Kier molecular flexibility index (Phi) is 6.47. The number of hydrogen-bond donors (Lipinski definition) is 2. The largest absolute Gasteiger partial charge is 0.366 e. The third-order valence-corrected chi connectivity index (χ3v) is 6.92. The van der Waals surface area contributed by atoms with Crippen LogP contribution in [0.4, 0.5) is 17.5 Å². The van der Waals surface area contributed by atoms with Crippen LogP contribution in [0.2, 0.25) is 0 Å². The fraction of sp³-hybridized carbons (Fsp3) is 0.520. The molecule has 4 rings (SSSR count). The predicted octanol–water partition coefficient (Wildman–Crippen LogP) is 4.39. The summed E-state index contributed by atoms with van der Waals surface area (Å²) in [6, 6.07) is 10.3. The number of anilines is 3. The molecule has 1 saturated heterocycles. The molecular weight excluding hydrogens is 440 g/mol. The molecule has 1 aromatic carbocycles. The molecule has 1 aliphatic rings. The minimum Gasteiger partial charge on any atom is -0.366 e. The van der Waals surface area contributed by atoms with E-state index in [-0.39, 0.29) is 23.2 Å². The molecule has 0 spiro atoms. The molecule has 10 nitrogen and oxygen atoms in total. The molecule has 35 heavy (non-hydrogen) atoms. The lowest BCUT2D eigenvalue weighted by Gasteiger charge is -2.53. The molecule has 2 N–H and O–H groups in total. The third-order valence-electron chi connectivity index (χ3n) is 6.92. The maximum atomic E-state index is 9.67. The van der Waals surface area contributed by atoms with Gasteiger partial charge in [0.15, 0.2) is 5.82 Å². The van der Waals surface area contributed by atoms with E-state index in [0.29, 0.717) is 23.2 Å². The zero-order chi connectivity index (χ0) is 25.4. The minimum absolute atomic E-state index is 0.0200. The summed E-state index contributed by atoms with van der Waals surface area (Å²) < 4.78 is 1.78. The topological polar surface area (TPSA) is 120 Å². The minimum atomic E-state index is 0.0200. The number of piperidine rings is 1. The van der Waals surface area contributed by atoms with E-state index in [1.165, 1.54) is 0 Å². The average molecular weight is 475 g/mol. The summed E-state index contributed by atoms with van der Waals surface area (Å²) >= 11 is 0. The molecular formula is C25H34N10. The monoisotopic (exact) mass is 474 g/mol. The summed E-state index contributed by atoms with van der Waals surface area (Å²) in [5.74, 6) is 1.66. The first kappa shape index (κ1) is 24.5. The molecule has 0 radical (unpaired) electrons. The highest BCUT2D eigenvalue weighted by atomic mass is 15.5. The lowest BCUT2D eigenvalue weighted by Crippen LogP contribution is -2.61. The Hall–Kier alpha value is -3.58. The first-order valence-electron chi connectivity index (χ1n) is 11.9. The lowest BCUT2D eigenvalue weighted by atomic mass is 9.77. The molecule has 0 saturated carbocycles. The maximum absolute atomic E-state index is 9.67. The standard InChI is InChI=1S/C25H34N10/c1-16(2)35-22(31-32-33-35)17-9-8-10-19(11-17)29-23-27-15-18(14-26)21(30-23)28-20-12-24(3,4)34(7)25(5,6)13-20/h8-11,15-16,20H,12-13H2,1-7H3,(H2,27,28,29,30). The molecule has 0 unspecified atom stereocenters. The molecule has 3 heterocycles. The molecule has 184 valence electrons. The zero-order valence-corrected chi connectivity index (χ0v) is 21.5. The SMILES string of the molecule is CC(C)n1nnnc1-c1cccc(Nc2ncc(C#N)c(NC3CC(C)(C)N(C)C(C)(C)C3)n2)c1. The second kappa shape index (κ2) is 9.23. The second-order valence-corrected chi connectivity index (χ2v) is 10.7. The fourth-order valence-corrected chi connectivity index (χ4v) is 4.90. The van der Waals surface area contributed by atoms with Crippen LogP contribution in [0.3, 0.4) is 0 Å². The van der Waals surface area contributed by atoms with Crippen molar-refractivity contribution in [1.82, 2.24) is 35.1 Å². The van der Waals surface area contributed by atoms with Crippen LogP contribution in [0.25, 0.3) is 11.4 Å². The van der Waals surface area contributed by atoms with E-state index in [1.807, 2.05) is 38.1 Å². The van der Waals surface area contributed by atoms with Crippen molar-refractivity contribution in [2.75, 3.05) is 17.7 Å². The Morgan fingerprint density at radius 1 is 1.14 bits per heavy atom. The zero-order valence-electron chi connectivity index (χ0n) is 21.5. The van der Waals surface area contributed by atoms with Gasteiger partial charge in [-0.05, 0) is 84.0 Å². The second-order valence-electron chi connectivity index (χ2n) is 10.7. The number of tetrazole rings is 1. The van der Waals surface area contributed by atoms with Crippen LogP contribution in [0, 0.1) is 11.3 Å². The van der Waals surface area contributed by atoms with Crippen molar-refractivity contribution in [1.29, 1.82) is 5.26 Å². The number of aromatic nitrogens is 6. The number of nitrogens with one attached hydrogen (secondary N) is 2. The predicted molar refractivity (Wildman–Crippen MR) is 136 cm³/mol. The Bertz CT molecular complexity index is 1220. The Balaban J connectivity index is 1.57. The maximum Gasteiger partial charge on any atom is 0.229 e. The van der Waals surface area contributed by atoms with Crippen molar-refractivity contribution in [3.05, 3.63) is 36.0 Å². The number of nitriles is 1. The molecule has 1 fully saturated rings. The van der Waals surface area contributed by atoms with Gasteiger partial charge in [0.1, 0.15) is 17.5 Å². The van der Waals surface area contributed by atoms with Crippen LogP contribution < -0.4 is 10.6 Å². The van der Waals surface area contributed by atoms with Crippen molar-refractivity contribution < 1.29 is 0 Å². The number of nitrogens with zero attached hydrogens (tertiary/aromatic N) is 8. The highest BCUT2D eigenvalue weighted by molar-refractivity contribution is 5.66. The number of likely N-dealkylation sites (tertiary alicyclic amines) is 1. The molecule has 0 bridgehead atoms. The van der Waals surface area contributed by atoms with E-state index >= 15 is 0 Å². The quantitative estimate of drug-likeness (QED) is 0.536. The number of rotatable bonds is 6. The summed E-state index contributed by atoms with van der Waals surface area (Å²) in [5.41, 5.74) is 2.16. The summed E-state index contributed by atoms with van der Waals surface area (Å²) in [7, 11) is 2.18. The Morgan fingerprint density at radius 2 is 1.86 bits per heavy atom. The van der Waals surface area contributed by atoms with Gasteiger partial charge in [0.2, 0.25) is 5.95 Å². The van der Waals surface area contributed by atoms with Gasteiger partial charge in [0, 0.05) is 28.4 Å². The van der Waals surface area contributed by atoms with Gasteiger partial charge in [-0.2, -0.15) is 10.2 Å². The van der Waals surface area contributed by atoms with Gasteiger partial charge in [-0.1, -0.05) is 12.1 Å². The molecule has 2 aromatic heterocycles. The average Bonchev–Trinajstić information content (AvgIpc) is 3.28. The Morgan fingerprint density at radius 3 is 2.51 bits per heavy atom. The van der Waals surface area contributed by atoms with E-state index in [1.54, 1.807) is 10.9 Å². The van der Waals surface area contributed by atoms with E-state index in [4.69, 9.17) is 0 Å². The van der Waals surface area contributed by atoms with Gasteiger partial charge in [-0.15, -0.1) is 5.10 Å². The first-order chi connectivity index (χ1) is 16.5. The van der Waals surface area contributed by atoms with Gasteiger partial charge in [-0.25, -0.2) is 9.67 Å². The number of benzene rings is 1. The summed E-state index contributed by atoms with van der Waals surface area (Å²) in [6.07, 6.45) is 3.44. The fourth-order valence-electron chi connectivity index (χ4n) is 4.90. The van der Waals surface area contributed by atoms with Crippen molar-refractivity contribution in [3.63, 3.8) is 0 Å². The van der Waals surface area contributed by atoms with Gasteiger partial charge < -0.3 is 10.6 Å². The first-order valence-corrected chi connectivity index (χ1v) is 11.9. The molecule has 10 heteroatoms. The van der Waals surface area contributed by atoms with Crippen LogP contribution >= 0.6 is 0 Å². The Labute approximate surface area is 206 Å². The van der Waals surface area contributed by atoms with Gasteiger partial charge in [0.05, 0.1) is 12.2 Å². The van der Waals surface area contributed by atoms with E-state index in [9.17, 15) is 5.26 Å². The van der Waals surface area contributed by atoms with Crippen molar-refractivity contribution in [3.8, 4) is 17.5 Å². The summed E-state index contributed by atoms with van der Waals surface area (Å²) in [6.45, 7) is 13.1. The smallest absolute Gasteiger partial charge is 0.229 e. The third kappa shape index (κ3) is 5.10. The highest BCUT2D eigenvalue weighted by Crippen LogP contribution is 2.38. The van der Waals surface area contributed by atoms with Crippen molar-refractivity contribution in [2.24, 2.45) is 0 Å². The summed E-state index contributed by atoms with van der Waals surface area (Å²) in [4.78, 5) is 11.5. The van der Waals surface area contributed by atoms with Crippen molar-refractivity contribution in [2.45, 2.75) is 77.5 Å². The number of hydrogen-bond acceptors (Lipinski definition) is 9. The lowest BCUT2D eigenvalue weighted by molar-refractivity contribution is -0.00772. The van der Waals surface area contributed by atoms with Crippen LogP contribution in [-0.2, 0) is 0 Å². The highest BCUT2D eigenvalue weighted by Gasteiger charge is 2.43. The van der Waals surface area contributed by atoms with Crippen LogP contribution in [0.1, 0.15) is 66.0 Å². The molecule has 1 aliphatic heterocycles. The summed E-state index contributed by atoms with van der Waals surface area (Å²) in [5, 5.41) is 28.6. The van der Waals surface area contributed by atoms with Crippen LogP contribution in [0.15, 0.2) is 30.5 Å². The van der Waals surface area contributed by atoms with E-state index in [0.717, 1.165) is 24.1 Å². The van der Waals surface area contributed by atoms with Crippen LogP contribution in [-0.4, -0.2) is 59.2 Å². The van der Waals surface area contributed by atoms with Gasteiger partial charge in [0.25, 0.3) is 0 Å². The van der Waals surface area contributed by atoms with Gasteiger partial charge >= 0.3 is 0 Å². The van der Waals surface area contributed by atoms with Gasteiger partial charge in [-0.3, -0.25) is 4.90 Å². The van der Waals surface area contributed by atoms with E-state index < -0.39 is 0 Å². The van der Waals surface area contributed by atoms with Crippen molar-refractivity contribution >= 4 is 17.5 Å². The normalized spacial score (nSPS) is 17.8. The molecule has 0 aliphatic carbocycles. The molecule has 0 atom stereocenters. The van der Waals surface area contributed by atoms with Crippen LogP contribution in [0.5, 0.6) is 0 Å².